The first-order valence-electron chi connectivity index (χ1n) is 8.77. The van der Waals surface area contributed by atoms with Crippen LogP contribution in [0.25, 0.3) is 11.2 Å². The van der Waals surface area contributed by atoms with E-state index in [2.05, 4.69) is 27.2 Å². The molecule has 3 N–H and O–H groups in total. The van der Waals surface area contributed by atoms with Crippen LogP contribution in [0.1, 0.15) is 74.8 Å². The van der Waals surface area contributed by atoms with E-state index in [0.717, 1.165) is 37.8 Å². The van der Waals surface area contributed by atoms with Gasteiger partial charge in [-0.25, -0.2) is 9.97 Å². The number of H-pyrrole nitrogens is 1. The van der Waals surface area contributed by atoms with Crippen LogP contribution in [0.4, 0.5) is 0 Å². The van der Waals surface area contributed by atoms with Gasteiger partial charge >= 0.3 is 0 Å². The minimum atomic E-state index is -0.970. The fraction of sp³-hybridized carbons (Fsp3) is 0.611. The topological polar surface area (TPSA) is 90.9 Å². The lowest BCUT2D eigenvalue weighted by Gasteiger charge is -2.30. The van der Waals surface area contributed by atoms with Crippen molar-refractivity contribution in [2.75, 3.05) is 0 Å². The highest BCUT2D eigenvalue weighted by Gasteiger charge is 2.30. The average molecular weight is 330 g/mol. The SMILES string of the molecule is CCCC[C@H](NC(=O)c1c[nH]c2ncc(C3CC3)nc12)C(C)(C)O. The molecule has 1 saturated carbocycles. The van der Waals surface area contributed by atoms with Gasteiger partial charge in [-0.1, -0.05) is 19.8 Å². The Morgan fingerprint density at radius 3 is 2.88 bits per heavy atom. The first kappa shape index (κ1) is 16.9. The first-order chi connectivity index (χ1) is 11.4. The lowest BCUT2D eigenvalue weighted by molar-refractivity contribution is 0.0315. The number of carbonyl (C=O) groups is 1. The fourth-order valence-corrected chi connectivity index (χ4v) is 2.90. The average Bonchev–Trinajstić information content (AvgIpc) is 3.29. The fourth-order valence-electron chi connectivity index (χ4n) is 2.90. The van der Waals surface area contributed by atoms with Crippen LogP contribution in [0.3, 0.4) is 0 Å². The second-order valence-electron chi connectivity index (χ2n) is 7.29. The maximum absolute atomic E-state index is 12.7. The van der Waals surface area contributed by atoms with Crippen LogP contribution in [0.2, 0.25) is 0 Å². The lowest BCUT2D eigenvalue weighted by Crippen LogP contribution is -2.49. The molecule has 6 heteroatoms. The highest BCUT2D eigenvalue weighted by atomic mass is 16.3. The summed E-state index contributed by atoms with van der Waals surface area (Å²) in [5.41, 5.74) is 1.72. The maximum Gasteiger partial charge on any atom is 0.255 e. The van der Waals surface area contributed by atoms with Gasteiger partial charge in [-0.2, -0.15) is 0 Å². The molecule has 0 saturated heterocycles. The van der Waals surface area contributed by atoms with Crippen molar-refractivity contribution in [3.05, 3.63) is 23.7 Å². The molecule has 0 radical (unpaired) electrons. The molecule has 0 aliphatic heterocycles. The summed E-state index contributed by atoms with van der Waals surface area (Å²) >= 11 is 0. The number of amides is 1. The van der Waals surface area contributed by atoms with Gasteiger partial charge < -0.3 is 15.4 Å². The number of nitrogens with zero attached hydrogens (tertiary/aromatic N) is 2. The third-order valence-electron chi connectivity index (χ3n) is 4.64. The van der Waals surface area contributed by atoms with Crippen LogP contribution in [-0.4, -0.2) is 37.6 Å². The normalized spacial score (nSPS) is 16.3. The number of fused-ring (bicyclic) bond motifs is 1. The number of hydrogen-bond acceptors (Lipinski definition) is 4. The van der Waals surface area contributed by atoms with Crippen molar-refractivity contribution in [1.82, 2.24) is 20.3 Å². The number of aliphatic hydroxyl groups is 1. The number of hydrogen-bond donors (Lipinski definition) is 3. The molecule has 0 bridgehead atoms. The van der Waals surface area contributed by atoms with Crippen LogP contribution >= 0.6 is 0 Å². The van der Waals surface area contributed by atoms with Crippen LogP contribution in [0.15, 0.2) is 12.4 Å². The zero-order valence-electron chi connectivity index (χ0n) is 14.6. The third-order valence-corrected chi connectivity index (χ3v) is 4.64. The van der Waals surface area contributed by atoms with Crippen LogP contribution < -0.4 is 5.32 Å². The molecule has 0 aromatic carbocycles. The van der Waals surface area contributed by atoms with Crippen molar-refractivity contribution in [3.8, 4) is 0 Å². The molecule has 130 valence electrons. The molecule has 0 unspecified atom stereocenters. The molecule has 2 aromatic rings. The molecule has 2 heterocycles. The van der Waals surface area contributed by atoms with Gasteiger partial charge in [0.25, 0.3) is 5.91 Å². The first-order valence-corrected chi connectivity index (χ1v) is 8.77. The summed E-state index contributed by atoms with van der Waals surface area (Å²) in [5.74, 6) is 0.271. The predicted octanol–water partition coefficient (Wildman–Crippen LogP) is 2.89. The second-order valence-corrected chi connectivity index (χ2v) is 7.29. The predicted molar refractivity (Wildman–Crippen MR) is 92.9 cm³/mol. The summed E-state index contributed by atoms with van der Waals surface area (Å²) in [6, 6.07) is -0.297. The Morgan fingerprint density at radius 2 is 2.25 bits per heavy atom. The van der Waals surface area contributed by atoms with E-state index in [-0.39, 0.29) is 11.9 Å². The van der Waals surface area contributed by atoms with E-state index in [9.17, 15) is 9.90 Å². The summed E-state index contributed by atoms with van der Waals surface area (Å²) in [5, 5.41) is 13.3. The minimum absolute atomic E-state index is 0.216. The molecule has 1 aliphatic rings. The molecule has 3 rings (SSSR count). The van der Waals surface area contributed by atoms with Gasteiger partial charge in [-0.3, -0.25) is 4.79 Å². The van der Waals surface area contributed by atoms with E-state index in [1.165, 1.54) is 0 Å². The molecule has 24 heavy (non-hydrogen) atoms. The van der Waals surface area contributed by atoms with Gasteiger partial charge in [-0.15, -0.1) is 0 Å². The number of aromatic nitrogens is 3. The molecule has 0 spiro atoms. The Labute approximate surface area is 142 Å². The summed E-state index contributed by atoms with van der Waals surface area (Å²) in [6.07, 6.45) is 8.44. The van der Waals surface area contributed by atoms with Gasteiger partial charge in [0.2, 0.25) is 0 Å². The van der Waals surface area contributed by atoms with Crippen molar-refractivity contribution >= 4 is 17.1 Å². The molecule has 1 amide bonds. The summed E-state index contributed by atoms with van der Waals surface area (Å²) < 4.78 is 0. The van der Waals surface area contributed by atoms with Crippen LogP contribution in [0.5, 0.6) is 0 Å². The molecule has 6 nitrogen and oxygen atoms in total. The van der Waals surface area contributed by atoms with E-state index in [4.69, 9.17) is 0 Å². The number of unbranched alkanes of at least 4 members (excludes halogenated alkanes) is 1. The van der Waals surface area contributed by atoms with Gasteiger partial charge in [0.15, 0.2) is 5.65 Å². The van der Waals surface area contributed by atoms with E-state index in [1.807, 2.05) is 0 Å². The van der Waals surface area contributed by atoms with Gasteiger partial charge in [0.05, 0.1) is 29.1 Å². The monoisotopic (exact) mass is 330 g/mol. The maximum atomic E-state index is 12.7. The number of rotatable bonds is 7. The summed E-state index contributed by atoms with van der Waals surface area (Å²) in [4.78, 5) is 24.7. The summed E-state index contributed by atoms with van der Waals surface area (Å²) in [6.45, 7) is 5.56. The lowest BCUT2D eigenvalue weighted by atomic mass is 9.93. The Balaban J connectivity index is 1.83. The largest absolute Gasteiger partial charge is 0.388 e. The Morgan fingerprint density at radius 1 is 1.50 bits per heavy atom. The number of nitrogens with one attached hydrogen (secondary N) is 2. The highest BCUT2D eigenvalue weighted by molar-refractivity contribution is 6.04. The molecular formula is C18H26N4O2. The molecule has 2 aromatic heterocycles. The van der Waals surface area contributed by atoms with Crippen molar-refractivity contribution < 1.29 is 9.90 Å². The van der Waals surface area contributed by atoms with Gasteiger partial charge in [0, 0.05) is 12.1 Å². The van der Waals surface area contributed by atoms with Crippen molar-refractivity contribution in [2.24, 2.45) is 0 Å². The zero-order chi connectivity index (χ0) is 17.3. The zero-order valence-corrected chi connectivity index (χ0v) is 14.6. The van der Waals surface area contributed by atoms with Gasteiger partial charge in [-0.05, 0) is 33.1 Å². The Hall–Kier alpha value is -1.95. The van der Waals surface area contributed by atoms with E-state index < -0.39 is 5.60 Å². The highest BCUT2D eigenvalue weighted by Crippen LogP contribution is 2.39. The number of carbonyl (C=O) groups excluding carboxylic acids is 1. The third kappa shape index (κ3) is 3.59. The van der Waals surface area contributed by atoms with Crippen LogP contribution in [0, 0.1) is 0 Å². The van der Waals surface area contributed by atoms with Gasteiger partial charge in [0.1, 0.15) is 5.52 Å². The van der Waals surface area contributed by atoms with E-state index in [0.29, 0.717) is 22.6 Å². The molecular weight excluding hydrogens is 304 g/mol. The van der Waals surface area contributed by atoms with Crippen molar-refractivity contribution in [3.63, 3.8) is 0 Å². The molecule has 1 aliphatic carbocycles. The second kappa shape index (κ2) is 6.51. The minimum Gasteiger partial charge on any atom is -0.388 e. The van der Waals surface area contributed by atoms with Crippen molar-refractivity contribution in [2.45, 2.75) is 70.4 Å². The Kier molecular flexibility index (Phi) is 4.58. The van der Waals surface area contributed by atoms with E-state index >= 15 is 0 Å². The molecule has 1 fully saturated rings. The smallest absolute Gasteiger partial charge is 0.255 e. The Bertz CT molecular complexity index is 728. The van der Waals surface area contributed by atoms with Crippen LogP contribution in [-0.2, 0) is 0 Å². The van der Waals surface area contributed by atoms with E-state index in [1.54, 1.807) is 26.2 Å². The summed E-state index contributed by atoms with van der Waals surface area (Å²) in [7, 11) is 0. The standard InChI is InChI=1S/C18H26N4O2/c1-4-5-6-14(18(2,3)24)22-17(23)12-9-19-16-15(12)21-13(10-20-16)11-7-8-11/h9-11,14,24H,4-8H2,1-3H3,(H,19,20)(H,22,23)/t14-/m0/s1. The quantitative estimate of drug-likeness (QED) is 0.728. The number of aromatic amines is 1. The molecule has 1 atom stereocenters. The van der Waals surface area contributed by atoms with Crippen molar-refractivity contribution in [1.29, 1.82) is 0 Å².